The van der Waals surface area contributed by atoms with Crippen LogP contribution in [0, 0.1) is 6.92 Å². The summed E-state index contributed by atoms with van der Waals surface area (Å²) in [4.78, 5) is 4.63. The average Bonchev–Trinajstić information content (AvgIpc) is 2.52. The molecule has 1 aromatic carbocycles. The maximum absolute atomic E-state index is 5.87. The van der Waals surface area contributed by atoms with E-state index in [-0.39, 0.29) is 6.04 Å². The number of benzene rings is 1. The Morgan fingerprint density at radius 3 is 3.05 bits per heavy atom. The molecule has 0 spiro atoms. The van der Waals surface area contributed by atoms with E-state index in [1.807, 2.05) is 12.3 Å². The molecule has 1 aromatic heterocycles. The van der Waals surface area contributed by atoms with Crippen molar-refractivity contribution in [2.24, 2.45) is 5.84 Å². The Labute approximate surface area is 126 Å². The van der Waals surface area contributed by atoms with E-state index in [0.29, 0.717) is 5.92 Å². The van der Waals surface area contributed by atoms with Gasteiger partial charge in [0.15, 0.2) is 0 Å². The van der Waals surface area contributed by atoms with Crippen LogP contribution in [-0.2, 0) is 12.8 Å². The second-order valence-corrected chi connectivity index (χ2v) is 6.01. The summed E-state index contributed by atoms with van der Waals surface area (Å²) in [5, 5.41) is 0. The van der Waals surface area contributed by atoms with Crippen LogP contribution in [0.4, 0.5) is 0 Å². The minimum absolute atomic E-state index is 0.237. The van der Waals surface area contributed by atoms with E-state index in [2.05, 4.69) is 47.7 Å². The van der Waals surface area contributed by atoms with Gasteiger partial charge in [-0.1, -0.05) is 35.9 Å². The summed E-state index contributed by atoms with van der Waals surface area (Å²) >= 11 is 0. The van der Waals surface area contributed by atoms with Crippen LogP contribution in [0.5, 0.6) is 0 Å². The fraction of sp³-hybridized carbons (Fsp3) is 0.389. The predicted octanol–water partition coefficient (Wildman–Crippen LogP) is 2.88. The Morgan fingerprint density at radius 2 is 2.24 bits per heavy atom. The molecule has 3 heteroatoms. The van der Waals surface area contributed by atoms with E-state index in [0.717, 1.165) is 19.3 Å². The van der Waals surface area contributed by atoms with Gasteiger partial charge in [-0.25, -0.2) is 0 Å². The molecule has 2 unspecified atom stereocenters. The number of rotatable bonds is 4. The molecule has 2 aromatic rings. The van der Waals surface area contributed by atoms with Crippen LogP contribution in [0.15, 0.2) is 42.6 Å². The van der Waals surface area contributed by atoms with Gasteiger partial charge in [-0.3, -0.25) is 16.3 Å². The first-order valence-corrected chi connectivity index (χ1v) is 7.73. The molecular weight excluding hydrogens is 258 g/mol. The zero-order valence-electron chi connectivity index (χ0n) is 12.5. The van der Waals surface area contributed by atoms with Gasteiger partial charge < -0.3 is 0 Å². The topological polar surface area (TPSA) is 50.9 Å². The highest BCUT2D eigenvalue weighted by molar-refractivity contribution is 5.29. The summed E-state index contributed by atoms with van der Waals surface area (Å²) in [5.41, 5.74) is 8.29. The number of hydrazine groups is 1. The minimum atomic E-state index is 0.237. The zero-order valence-corrected chi connectivity index (χ0v) is 12.5. The van der Waals surface area contributed by atoms with Crippen molar-refractivity contribution in [3.8, 4) is 0 Å². The zero-order chi connectivity index (χ0) is 14.7. The molecule has 1 aliphatic rings. The highest BCUT2D eigenvalue weighted by Crippen LogP contribution is 2.33. The lowest BCUT2D eigenvalue weighted by molar-refractivity contribution is 0.387. The normalized spacial score (nSPS) is 19.0. The van der Waals surface area contributed by atoms with Gasteiger partial charge in [0.2, 0.25) is 0 Å². The Balaban J connectivity index is 1.84. The Hall–Kier alpha value is -1.71. The van der Waals surface area contributed by atoms with Gasteiger partial charge in [0.1, 0.15) is 0 Å². The van der Waals surface area contributed by atoms with Crippen LogP contribution >= 0.6 is 0 Å². The molecule has 1 heterocycles. The standard InChI is InChI=1S/C18H23N3/c1-13-5-2-6-14(11-13)12-17(21-19)16-9-3-7-15-8-4-10-20-18(15)16/h2,4-6,8,10-11,16-17,21H,3,7,9,12,19H2,1H3. The first-order chi connectivity index (χ1) is 10.3. The minimum Gasteiger partial charge on any atom is -0.271 e. The monoisotopic (exact) mass is 281 g/mol. The van der Waals surface area contributed by atoms with Crippen LogP contribution < -0.4 is 11.3 Å². The van der Waals surface area contributed by atoms with E-state index in [1.54, 1.807) is 0 Å². The Kier molecular flexibility index (Phi) is 4.32. The van der Waals surface area contributed by atoms with E-state index in [9.17, 15) is 0 Å². The summed E-state index contributed by atoms with van der Waals surface area (Å²) in [5.74, 6) is 6.27. The number of hydrogen-bond acceptors (Lipinski definition) is 3. The number of nitrogens with one attached hydrogen (secondary N) is 1. The van der Waals surface area contributed by atoms with Crippen LogP contribution in [0.25, 0.3) is 0 Å². The van der Waals surface area contributed by atoms with Gasteiger partial charge in [0, 0.05) is 23.9 Å². The summed E-state index contributed by atoms with van der Waals surface area (Å²) in [6.07, 6.45) is 6.36. The summed E-state index contributed by atoms with van der Waals surface area (Å²) in [7, 11) is 0. The Bertz CT molecular complexity index is 609. The first-order valence-electron chi connectivity index (χ1n) is 7.73. The van der Waals surface area contributed by atoms with Crippen molar-refractivity contribution in [3.63, 3.8) is 0 Å². The number of pyridine rings is 1. The molecule has 110 valence electrons. The second-order valence-electron chi connectivity index (χ2n) is 6.01. The maximum atomic E-state index is 5.87. The lowest BCUT2D eigenvalue weighted by Gasteiger charge is -2.31. The summed E-state index contributed by atoms with van der Waals surface area (Å²) in [6, 6.07) is 13.1. The molecule has 0 saturated heterocycles. The fourth-order valence-corrected chi connectivity index (χ4v) is 3.45. The third-order valence-electron chi connectivity index (χ3n) is 4.48. The quantitative estimate of drug-likeness (QED) is 0.669. The van der Waals surface area contributed by atoms with E-state index in [4.69, 9.17) is 5.84 Å². The molecule has 3 nitrogen and oxygen atoms in total. The van der Waals surface area contributed by atoms with Crippen molar-refractivity contribution < 1.29 is 0 Å². The second kappa shape index (κ2) is 6.37. The Morgan fingerprint density at radius 1 is 1.33 bits per heavy atom. The summed E-state index contributed by atoms with van der Waals surface area (Å²) < 4.78 is 0. The molecule has 2 atom stereocenters. The molecule has 0 amide bonds. The van der Waals surface area contributed by atoms with E-state index < -0.39 is 0 Å². The molecular formula is C18H23N3. The molecule has 21 heavy (non-hydrogen) atoms. The van der Waals surface area contributed by atoms with E-state index in [1.165, 1.54) is 28.8 Å². The third-order valence-corrected chi connectivity index (χ3v) is 4.48. The number of aryl methyl sites for hydroxylation is 2. The molecule has 0 saturated carbocycles. The first kappa shape index (κ1) is 14.2. The largest absolute Gasteiger partial charge is 0.271 e. The lowest BCUT2D eigenvalue weighted by Crippen LogP contribution is -2.42. The number of nitrogens with two attached hydrogens (primary N) is 1. The van der Waals surface area contributed by atoms with Crippen molar-refractivity contribution in [1.82, 2.24) is 10.4 Å². The predicted molar refractivity (Wildman–Crippen MR) is 85.9 cm³/mol. The third kappa shape index (κ3) is 3.14. The van der Waals surface area contributed by atoms with Crippen molar-refractivity contribution in [2.45, 2.75) is 44.6 Å². The van der Waals surface area contributed by atoms with Crippen molar-refractivity contribution >= 4 is 0 Å². The number of aromatic nitrogens is 1. The van der Waals surface area contributed by atoms with Gasteiger partial charge in [0.25, 0.3) is 0 Å². The van der Waals surface area contributed by atoms with Gasteiger partial charge in [-0.05, 0) is 49.8 Å². The van der Waals surface area contributed by atoms with Crippen molar-refractivity contribution in [1.29, 1.82) is 0 Å². The van der Waals surface area contributed by atoms with E-state index >= 15 is 0 Å². The molecule has 0 aliphatic heterocycles. The average molecular weight is 281 g/mol. The van der Waals surface area contributed by atoms with Crippen LogP contribution in [-0.4, -0.2) is 11.0 Å². The molecule has 1 aliphatic carbocycles. The molecule has 3 rings (SSSR count). The fourth-order valence-electron chi connectivity index (χ4n) is 3.45. The molecule has 0 bridgehead atoms. The highest BCUT2D eigenvalue weighted by atomic mass is 15.2. The number of fused-ring (bicyclic) bond motifs is 1. The molecule has 0 radical (unpaired) electrons. The van der Waals surface area contributed by atoms with Gasteiger partial charge in [0.05, 0.1) is 0 Å². The van der Waals surface area contributed by atoms with Gasteiger partial charge in [-0.15, -0.1) is 0 Å². The summed E-state index contributed by atoms with van der Waals surface area (Å²) in [6.45, 7) is 2.13. The van der Waals surface area contributed by atoms with Crippen molar-refractivity contribution in [3.05, 3.63) is 65.0 Å². The SMILES string of the molecule is Cc1cccc(CC(NN)C2CCCc3cccnc32)c1. The van der Waals surface area contributed by atoms with Gasteiger partial charge in [-0.2, -0.15) is 0 Å². The van der Waals surface area contributed by atoms with Crippen LogP contribution in [0.3, 0.4) is 0 Å². The van der Waals surface area contributed by atoms with Crippen molar-refractivity contribution in [2.75, 3.05) is 0 Å². The molecule has 3 N–H and O–H groups in total. The van der Waals surface area contributed by atoms with Gasteiger partial charge >= 0.3 is 0 Å². The number of nitrogens with zero attached hydrogens (tertiary/aromatic N) is 1. The molecule has 0 fully saturated rings. The van der Waals surface area contributed by atoms with Crippen LogP contribution in [0.1, 0.15) is 41.1 Å². The highest BCUT2D eigenvalue weighted by Gasteiger charge is 2.28. The number of hydrogen-bond donors (Lipinski definition) is 2. The smallest absolute Gasteiger partial charge is 0.0482 e. The van der Waals surface area contributed by atoms with Crippen LogP contribution in [0.2, 0.25) is 0 Å². The lowest BCUT2D eigenvalue weighted by atomic mass is 9.80. The maximum Gasteiger partial charge on any atom is 0.0482 e.